The van der Waals surface area contributed by atoms with E-state index < -0.39 is 0 Å². The Labute approximate surface area is 89.6 Å². The van der Waals surface area contributed by atoms with Crippen LogP contribution in [-0.2, 0) is 6.54 Å². The highest BCUT2D eigenvalue weighted by molar-refractivity contribution is 5.02. The van der Waals surface area contributed by atoms with E-state index in [1.54, 1.807) is 12.5 Å². The van der Waals surface area contributed by atoms with Crippen molar-refractivity contribution in [2.45, 2.75) is 37.9 Å². The second-order valence-electron chi connectivity index (χ2n) is 4.55. The Morgan fingerprint density at radius 2 is 2.47 bits per heavy atom. The van der Waals surface area contributed by atoms with E-state index in [9.17, 15) is 0 Å². The number of fused-ring (bicyclic) bond motifs is 1. The number of nitrogens with one attached hydrogen (secondary N) is 1. The molecule has 4 nitrogen and oxygen atoms in total. The minimum Gasteiger partial charge on any atom is -0.364 e. The topological polar surface area (TPSA) is 41.3 Å². The van der Waals surface area contributed by atoms with Gasteiger partial charge >= 0.3 is 0 Å². The number of rotatable bonds is 3. The van der Waals surface area contributed by atoms with Gasteiger partial charge in [-0.3, -0.25) is 4.90 Å². The first-order valence-corrected chi connectivity index (χ1v) is 5.79. The average Bonchev–Trinajstić information content (AvgIpc) is 2.93. The lowest BCUT2D eigenvalue weighted by Gasteiger charge is -2.20. The highest BCUT2D eigenvalue weighted by atomic mass is 16.5. The largest absolute Gasteiger partial charge is 0.364 e. The van der Waals surface area contributed by atoms with Gasteiger partial charge in [-0.1, -0.05) is 5.16 Å². The molecular weight excluding hydrogens is 190 g/mol. The van der Waals surface area contributed by atoms with Gasteiger partial charge in [-0.25, -0.2) is 0 Å². The smallest absolute Gasteiger partial charge is 0.128 e. The van der Waals surface area contributed by atoms with Crippen LogP contribution in [0.2, 0.25) is 0 Å². The fourth-order valence-electron chi connectivity index (χ4n) is 2.88. The molecule has 1 N–H and O–H groups in total. The van der Waals surface area contributed by atoms with Gasteiger partial charge in [0, 0.05) is 30.7 Å². The van der Waals surface area contributed by atoms with Crippen molar-refractivity contribution in [3.8, 4) is 0 Å². The molecular formula is C11H17N3O. The summed E-state index contributed by atoms with van der Waals surface area (Å²) in [5, 5.41) is 7.32. The zero-order valence-corrected chi connectivity index (χ0v) is 8.85. The summed E-state index contributed by atoms with van der Waals surface area (Å²) in [4.78, 5) is 2.62. The van der Waals surface area contributed by atoms with Crippen LogP contribution in [-0.4, -0.2) is 35.2 Å². The summed E-state index contributed by atoms with van der Waals surface area (Å²) in [6.45, 7) is 3.46. The minimum atomic E-state index is 0.669. The van der Waals surface area contributed by atoms with E-state index >= 15 is 0 Å². The number of hydrogen-bond donors (Lipinski definition) is 1. The molecule has 0 bridgehead atoms. The van der Waals surface area contributed by atoms with Crippen LogP contribution < -0.4 is 5.32 Å². The maximum Gasteiger partial charge on any atom is 0.128 e. The Balaban J connectivity index is 1.55. The van der Waals surface area contributed by atoms with E-state index in [0.29, 0.717) is 6.04 Å². The Hall–Kier alpha value is -0.870. The van der Waals surface area contributed by atoms with Gasteiger partial charge in [-0.15, -0.1) is 0 Å². The van der Waals surface area contributed by atoms with Gasteiger partial charge in [-0.2, -0.15) is 0 Å². The van der Waals surface area contributed by atoms with Gasteiger partial charge < -0.3 is 9.84 Å². The summed E-state index contributed by atoms with van der Waals surface area (Å²) < 4.78 is 4.82. The summed E-state index contributed by atoms with van der Waals surface area (Å²) in [7, 11) is 0. The molecule has 0 aromatic carbocycles. The summed E-state index contributed by atoms with van der Waals surface area (Å²) in [5.74, 6) is 0. The fourth-order valence-corrected chi connectivity index (χ4v) is 2.88. The van der Waals surface area contributed by atoms with Gasteiger partial charge in [0.15, 0.2) is 0 Å². The molecule has 1 aromatic heterocycles. The predicted octanol–water partition coefficient (Wildman–Crippen LogP) is 1.00. The third-order valence-corrected chi connectivity index (χ3v) is 3.66. The summed E-state index contributed by atoms with van der Waals surface area (Å²) in [5.41, 5.74) is 1.14. The van der Waals surface area contributed by atoms with E-state index in [1.165, 1.54) is 32.4 Å². The van der Waals surface area contributed by atoms with Crippen LogP contribution in [0.4, 0.5) is 0 Å². The maximum atomic E-state index is 4.82. The zero-order chi connectivity index (χ0) is 10.1. The SMILES string of the molecule is c1nocc1CNC1CCN2CCCC12. The first-order chi connectivity index (χ1) is 7.43. The van der Waals surface area contributed by atoms with Crippen molar-refractivity contribution in [1.29, 1.82) is 0 Å². The van der Waals surface area contributed by atoms with Crippen molar-refractivity contribution < 1.29 is 4.52 Å². The van der Waals surface area contributed by atoms with Crippen molar-refractivity contribution in [2.24, 2.45) is 0 Å². The second-order valence-corrected chi connectivity index (χ2v) is 4.55. The van der Waals surface area contributed by atoms with Gasteiger partial charge in [-0.05, 0) is 25.8 Å². The van der Waals surface area contributed by atoms with E-state index in [-0.39, 0.29) is 0 Å². The van der Waals surface area contributed by atoms with Crippen LogP contribution in [0.5, 0.6) is 0 Å². The third-order valence-electron chi connectivity index (χ3n) is 3.66. The molecule has 2 atom stereocenters. The van der Waals surface area contributed by atoms with Gasteiger partial charge in [0.1, 0.15) is 6.26 Å². The normalized spacial score (nSPS) is 30.9. The molecule has 3 rings (SSSR count). The predicted molar refractivity (Wildman–Crippen MR) is 56.3 cm³/mol. The van der Waals surface area contributed by atoms with Crippen molar-refractivity contribution in [3.63, 3.8) is 0 Å². The highest BCUT2D eigenvalue weighted by Crippen LogP contribution is 2.27. The van der Waals surface area contributed by atoms with Crippen molar-refractivity contribution in [1.82, 2.24) is 15.4 Å². The van der Waals surface area contributed by atoms with Crippen LogP contribution in [0.25, 0.3) is 0 Å². The molecule has 2 fully saturated rings. The molecule has 2 unspecified atom stereocenters. The number of aromatic nitrogens is 1. The first-order valence-electron chi connectivity index (χ1n) is 5.79. The molecule has 0 saturated carbocycles. The van der Waals surface area contributed by atoms with E-state index in [0.717, 1.165) is 18.2 Å². The molecule has 0 aliphatic carbocycles. The Kier molecular flexibility index (Phi) is 2.46. The van der Waals surface area contributed by atoms with E-state index in [1.807, 2.05) is 0 Å². The van der Waals surface area contributed by atoms with Crippen LogP contribution in [0.1, 0.15) is 24.8 Å². The Morgan fingerprint density at radius 3 is 3.33 bits per heavy atom. The summed E-state index contributed by atoms with van der Waals surface area (Å²) in [6.07, 6.45) is 7.52. The molecule has 2 saturated heterocycles. The van der Waals surface area contributed by atoms with Gasteiger partial charge in [0.25, 0.3) is 0 Å². The lowest BCUT2D eigenvalue weighted by atomic mass is 10.1. The molecule has 0 amide bonds. The summed E-state index contributed by atoms with van der Waals surface area (Å²) >= 11 is 0. The van der Waals surface area contributed by atoms with Gasteiger partial charge in [0.05, 0.1) is 6.20 Å². The molecule has 15 heavy (non-hydrogen) atoms. The lowest BCUT2D eigenvalue weighted by molar-refractivity contribution is 0.298. The zero-order valence-electron chi connectivity index (χ0n) is 8.85. The number of hydrogen-bond acceptors (Lipinski definition) is 4. The highest BCUT2D eigenvalue weighted by Gasteiger charge is 2.36. The molecule has 82 valence electrons. The number of nitrogens with zero attached hydrogens (tertiary/aromatic N) is 2. The van der Waals surface area contributed by atoms with Gasteiger partial charge in [0.2, 0.25) is 0 Å². The molecule has 1 aromatic rings. The van der Waals surface area contributed by atoms with Crippen molar-refractivity contribution in [3.05, 3.63) is 18.0 Å². The quantitative estimate of drug-likeness (QED) is 0.803. The van der Waals surface area contributed by atoms with Crippen LogP contribution in [0.3, 0.4) is 0 Å². The summed E-state index contributed by atoms with van der Waals surface area (Å²) in [6, 6.07) is 1.45. The molecule has 2 aliphatic heterocycles. The minimum absolute atomic E-state index is 0.669. The molecule has 2 aliphatic rings. The lowest BCUT2D eigenvalue weighted by Crippen LogP contribution is -2.38. The molecule has 0 radical (unpaired) electrons. The van der Waals surface area contributed by atoms with Crippen molar-refractivity contribution >= 4 is 0 Å². The standard InChI is InChI=1S/C11H17N3O/c1-2-11-10(3-5-14(11)4-1)12-6-9-7-13-15-8-9/h7-8,10-12H,1-6H2. The molecule has 0 spiro atoms. The van der Waals surface area contributed by atoms with Crippen molar-refractivity contribution in [2.75, 3.05) is 13.1 Å². The average molecular weight is 207 g/mol. The van der Waals surface area contributed by atoms with Crippen LogP contribution >= 0.6 is 0 Å². The Morgan fingerprint density at radius 1 is 1.47 bits per heavy atom. The monoisotopic (exact) mass is 207 g/mol. The molecule has 3 heterocycles. The third kappa shape index (κ3) is 1.79. The Bertz CT molecular complexity index is 312. The maximum absolute atomic E-state index is 4.82. The second kappa shape index (κ2) is 3.94. The van der Waals surface area contributed by atoms with E-state index in [4.69, 9.17) is 4.52 Å². The first kappa shape index (κ1) is 9.36. The van der Waals surface area contributed by atoms with Crippen LogP contribution in [0, 0.1) is 0 Å². The van der Waals surface area contributed by atoms with E-state index in [2.05, 4.69) is 15.4 Å². The molecule has 4 heteroatoms. The van der Waals surface area contributed by atoms with Crippen LogP contribution in [0.15, 0.2) is 17.0 Å². The fraction of sp³-hybridized carbons (Fsp3) is 0.727.